The number of aryl methyl sites for hydroxylation is 1. The third kappa shape index (κ3) is 6.60. The zero-order valence-corrected chi connectivity index (χ0v) is 18.0. The van der Waals surface area contributed by atoms with Gasteiger partial charge in [-0.25, -0.2) is 4.79 Å². The Hall–Kier alpha value is -3.28. The van der Waals surface area contributed by atoms with Crippen molar-refractivity contribution in [1.82, 2.24) is 5.32 Å². The van der Waals surface area contributed by atoms with Gasteiger partial charge in [0.2, 0.25) is 5.91 Å². The van der Waals surface area contributed by atoms with Crippen molar-refractivity contribution >= 4 is 18.0 Å². The summed E-state index contributed by atoms with van der Waals surface area (Å²) in [6.45, 7) is 1.97. The van der Waals surface area contributed by atoms with Crippen LogP contribution in [-0.2, 0) is 9.59 Å². The van der Waals surface area contributed by atoms with E-state index in [0.29, 0.717) is 35.2 Å². The van der Waals surface area contributed by atoms with Crippen LogP contribution >= 0.6 is 0 Å². The van der Waals surface area contributed by atoms with Gasteiger partial charge in [-0.2, -0.15) is 0 Å². The summed E-state index contributed by atoms with van der Waals surface area (Å²) in [5.74, 6) is 0.986. The summed E-state index contributed by atoms with van der Waals surface area (Å²) in [6, 6.07) is 12.6. The fourth-order valence-electron chi connectivity index (χ4n) is 3.78. The van der Waals surface area contributed by atoms with Gasteiger partial charge in [0.1, 0.15) is 11.4 Å². The minimum atomic E-state index is -1.17. The summed E-state index contributed by atoms with van der Waals surface area (Å²) in [4.78, 5) is 23.8. The number of hydrogen-bond donors (Lipinski definition) is 2. The Morgan fingerprint density at radius 2 is 1.81 bits per heavy atom. The smallest absolute Gasteiger partial charge is 0.352 e. The van der Waals surface area contributed by atoms with Crippen LogP contribution in [0.1, 0.15) is 49.7 Å². The molecule has 0 heterocycles. The lowest BCUT2D eigenvalue weighted by atomic mass is 10.0. The number of carbonyl (C=O) groups excluding carboxylic acids is 1. The Balaban J connectivity index is 1.63. The molecule has 2 aromatic carbocycles. The Morgan fingerprint density at radius 1 is 1.10 bits per heavy atom. The minimum Gasteiger partial charge on any atom is -0.493 e. The maximum Gasteiger partial charge on any atom is 0.352 e. The second-order valence-corrected chi connectivity index (χ2v) is 7.93. The number of ether oxygens (including phenoxy) is 2. The molecule has 3 rings (SSSR count). The van der Waals surface area contributed by atoms with Gasteiger partial charge in [0, 0.05) is 6.42 Å². The highest BCUT2D eigenvalue weighted by Gasteiger charge is 2.18. The molecule has 0 atom stereocenters. The molecule has 0 unspecified atom stereocenters. The molecule has 1 saturated carbocycles. The zero-order valence-electron chi connectivity index (χ0n) is 18.0. The van der Waals surface area contributed by atoms with Gasteiger partial charge >= 0.3 is 5.97 Å². The molecule has 0 saturated heterocycles. The van der Waals surface area contributed by atoms with E-state index < -0.39 is 5.97 Å². The van der Waals surface area contributed by atoms with E-state index in [0.717, 1.165) is 24.8 Å². The van der Waals surface area contributed by atoms with Crippen LogP contribution in [0.25, 0.3) is 6.08 Å². The standard InChI is InChI=1S/C25H29NO5/c1-17-7-13-22(23(15-17)30-2)31-20-11-8-19(9-12-20)16-21(25(28)29)26-24(27)14-10-18-5-3-4-6-18/h7-9,11-13,15-16,18H,3-6,10,14H2,1-2H3,(H,26,27)(H,28,29)/b21-16-. The first-order valence-corrected chi connectivity index (χ1v) is 10.6. The third-order valence-corrected chi connectivity index (χ3v) is 5.50. The van der Waals surface area contributed by atoms with Crippen LogP contribution in [0.2, 0.25) is 0 Å². The summed E-state index contributed by atoms with van der Waals surface area (Å²) in [5.41, 5.74) is 1.58. The number of aliphatic carboxylic acids is 1. The Bertz CT molecular complexity index is 943. The van der Waals surface area contributed by atoms with Crippen molar-refractivity contribution in [3.8, 4) is 17.2 Å². The van der Waals surface area contributed by atoms with Crippen molar-refractivity contribution < 1.29 is 24.2 Å². The van der Waals surface area contributed by atoms with Gasteiger partial charge in [-0.1, -0.05) is 43.9 Å². The largest absolute Gasteiger partial charge is 0.493 e. The highest BCUT2D eigenvalue weighted by molar-refractivity contribution is 5.96. The van der Waals surface area contributed by atoms with Crippen molar-refractivity contribution in [2.24, 2.45) is 5.92 Å². The van der Waals surface area contributed by atoms with E-state index in [9.17, 15) is 14.7 Å². The van der Waals surface area contributed by atoms with E-state index in [1.54, 1.807) is 31.4 Å². The van der Waals surface area contributed by atoms with Gasteiger partial charge in [0.05, 0.1) is 7.11 Å². The average molecular weight is 424 g/mol. The summed E-state index contributed by atoms with van der Waals surface area (Å²) in [5, 5.41) is 12.0. The Morgan fingerprint density at radius 3 is 2.45 bits per heavy atom. The molecular formula is C25H29NO5. The Kier molecular flexibility index (Phi) is 7.70. The van der Waals surface area contributed by atoms with Crippen molar-refractivity contribution in [3.05, 3.63) is 59.3 Å². The van der Waals surface area contributed by atoms with Gasteiger partial charge in [-0.3, -0.25) is 4.79 Å². The van der Waals surface area contributed by atoms with Crippen LogP contribution in [0.15, 0.2) is 48.2 Å². The first-order chi connectivity index (χ1) is 14.9. The topological polar surface area (TPSA) is 84.9 Å². The van der Waals surface area contributed by atoms with Crippen molar-refractivity contribution in [1.29, 1.82) is 0 Å². The van der Waals surface area contributed by atoms with Gasteiger partial charge in [0.15, 0.2) is 11.5 Å². The molecule has 1 aliphatic rings. The summed E-state index contributed by atoms with van der Waals surface area (Å²) >= 11 is 0. The van der Waals surface area contributed by atoms with Crippen LogP contribution in [0, 0.1) is 12.8 Å². The molecule has 6 heteroatoms. The molecule has 0 radical (unpaired) electrons. The fourth-order valence-corrected chi connectivity index (χ4v) is 3.78. The first-order valence-electron chi connectivity index (χ1n) is 10.6. The van der Waals surface area contributed by atoms with Gasteiger partial charge in [-0.05, 0) is 60.7 Å². The monoisotopic (exact) mass is 423 g/mol. The number of hydrogen-bond acceptors (Lipinski definition) is 4. The molecule has 164 valence electrons. The lowest BCUT2D eigenvalue weighted by molar-refractivity contribution is -0.134. The molecule has 31 heavy (non-hydrogen) atoms. The lowest BCUT2D eigenvalue weighted by Crippen LogP contribution is -2.27. The molecule has 1 aliphatic carbocycles. The maximum absolute atomic E-state index is 12.2. The summed E-state index contributed by atoms with van der Waals surface area (Å²) in [7, 11) is 1.59. The molecular weight excluding hydrogens is 394 g/mol. The van der Waals surface area contributed by atoms with Crippen LogP contribution in [0.5, 0.6) is 17.2 Å². The van der Waals surface area contributed by atoms with E-state index in [-0.39, 0.29) is 11.6 Å². The van der Waals surface area contributed by atoms with E-state index >= 15 is 0 Å². The van der Waals surface area contributed by atoms with Crippen LogP contribution in [0.3, 0.4) is 0 Å². The number of methoxy groups -OCH3 is 1. The van der Waals surface area contributed by atoms with Crippen molar-refractivity contribution in [2.45, 2.75) is 45.4 Å². The third-order valence-electron chi connectivity index (χ3n) is 5.50. The van der Waals surface area contributed by atoms with Crippen LogP contribution < -0.4 is 14.8 Å². The highest BCUT2D eigenvalue weighted by atomic mass is 16.5. The van der Waals surface area contributed by atoms with Gasteiger partial charge in [0.25, 0.3) is 0 Å². The number of benzene rings is 2. The van der Waals surface area contributed by atoms with E-state index in [4.69, 9.17) is 9.47 Å². The maximum atomic E-state index is 12.2. The number of nitrogens with one attached hydrogen (secondary N) is 1. The van der Waals surface area contributed by atoms with Crippen LogP contribution in [0.4, 0.5) is 0 Å². The molecule has 0 aliphatic heterocycles. The zero-order chi connectivity index (χ0) is 22.2. The van der Waals surface area contributed by atoms with E-state index in [1.807, 2.05) is 25.1 Å². The number of carboxylic acids is 1. The summed E-state index contributed by atoms with van der Waals surface area (Å²) < 4.78 is 11.2. The molecule has 0 aromatic heterocycles. The number of carboxylic acid groups (broad SMARTS) is 1. The van der Waals surface area contributed by atoms with E-state index in [1.165, 1.54) is 18.9 Å². The SMILES string of the molecule is COc1cc(C)ccc1Oc1ccc(/C=C(\NC(=O)CCC2CCCC2)C(=O)O)cc1. The molecule has 0 bridgehead atoms. The number of carbonyl (C=O) groups is 2. The minimum absolute atomic E-state index is 0.134. The molecule has 0 spiro atoms. The van der Waals surface area contributed by atoms with Crippen molar-refractivity contribution in [2.75, 3.05) is 7.11 Å². The fraction of sp³-hybridized carbons (Fsp3) is 0.360. The second-order valence-electron chi connectivity index (χ2n) is 7.93. The van der Waals surface area contributed by atoms with E-state index in [2.05, 4.69) is 5.32 Å². The lowest BCUT2D eigenvalue weighted by Gasteiger charge is -2.11. The molecule has 1 fully saturated rings. The molecule has 2 aromatic rings. The van der Waals surface area contributed by atoms with Gasteiger partial charge < -0.3 is 19.9 Å². The number of amides is 1. The molecule has 2 N–H and O–H groups in total. The molecule has 6 nitrogen and oxygen atoms in total. The summed E-state index contributed by atoms with van der Waals surface area (Å²) in [6.07, 6.45) is 7.39. The predicted molar refractivity (Wildman–Crippen MR) is 119 cm³/mol. The van der Waals surface area contributed by atoms with Gasteiger partial charge in [-0.15, -0.1) is 0 Å². The Labute approximate surface area is 182 Å². The quantitative estimate of drug-likeness (QED) is 0.534. The molecule has 1 amide bonds. The first kappa shape index (κ1) is 22.4. The second kappa shape index (κ2) is 10.7. The van der Waals surface area contributed by atoms with Crippen LogP contribution in [-0.4, -0.2) is 24.1 Å². The normalized spacial score (nSPS) is 14.3. The predicted octanol–water partition coefficient (Wildman–Crippen LogP) is 5.31. The average Bonchev–Trinajstić information content (AvgIpc) is 3.28. The van der Waals surface area contributed by atoms with Crippen molar-refractivity contribution in [3.63, 3.8) is 0 Å². The highest BCUT2D eigenvalue weighted by Crippen LogP contribution is 2.32. The number of rotatable bonds is 9.